The van der Waals surface area contributed by atoms with Gasteiger partial charge in [-0.2, -0.15) is 0 Å². The van der Waals surface area contributed by atoms with Gasteiger partial charge in [-0.15, -0.1) is 0 Å². The van der Waals surface area contributed by atoms with Crippen molar-refractivity contribution in [1.82, 2.24) is 19.7 Å². The Kier molecular flexibility index (Phi) is 4.43. The Labute approximate surface area is 179 Å². The van der Waals surface area contributed by atoms with Crippen LogP contribution in [0.5, 0.6) is 5.75 Å². The predicted molar refractivity (Wildman–Crippen MR) is 117 cm³/mol. The van der Waals surface area contributed by atoms with Crippen molar-refractivity contribution in [3.8, 4) is 28.1 Å². The molecule has 4 heterocycles. The third kappa shape index (κ3) is 3.02. The summed E-state index contributed by atoms with van der Waals surface area (Å²) < 4.78 is 12.9. The Morgan fingerprint density at radius 2 is 2.06 bits per heavy atom. The summed E-state index contributed by atoms with van der Waals surface area (Å²) in [5.74, 6) is 1.44. The molecule has 1 aliphatic rings. The van der Waals surface area contributed by atoms with Gasteiger partial charge in [-0.3, -0.25) is 9.55 Å². The number of methoxy groups -OCH3 is 1. The van der Waals surface area contributed by atoms with Crippen LogP contribution in [0.1, 0.15) is 22.8 Å². The highest BCUT2D eigenvalue weighted by Gasteiger charge is 2.29. The van der Waals surface area contributed by atoms with Crippen molar-refractivity contribution >= 4 is 5.69 Å². The molecule has 0 unspecified atom stereocenters. The van der Waals surface area contributed by atoms with Gasteiger partial charge in [0.25, 0.3) is 0 Å². The van der Waals surface area contributed by atoms with Gasteiger partial charge in [0.15, 0.2) is 0 Å². The number of ether oxygens (including phenoxy) is 1. The Bertz CT molecular complexity index is 1310. The van der Waals surface area contributed by atoms with Crippen molar-refractivity contribution in [2.45, 2.75) is 26.9 Å². The molecule has 1 aliphatic heterocycles. The predicted octanol–water partition coefficient (Wildman–Crippen LogP) is 3.52. The molecule has 0 spiro atoms. The van der Waals surface area contributed by atoms with Gasteiger partial charge in [-0.05, 0) is 38.1 Å². The fraction of sp³-hybridized carbons (Fsp3) is 0.261. The van der Waals surface area contributed by atoms with Gasteiger partial charge >= 0.3 is 5.69 Å². The summed E-state index contributed by atoms with van der Waals surface area (Å²) in [6, 6.07) is 9.79. The highest BCUT2D eigenvalue weighted by atomic mass is 16.5. The zero-order chi connectivity index (χ0) is 21.7. The summed E-state index contributed by atoms with van der Waals surface area (Å²) >= 11 is 0. The van der Waals surface area contributed by atoms with Crippen LogP contribution in [0.3, 0.4) is 0 Å². The van der Waals surface area contributed by atoms with Crippen LogP contribution >= 0.6 is 0 Å². The Morgan fingerprint density at radius 3 is 2.74 bits per heavy atom. The van der Waals surface area contributed by atoms with Gasteiger partial charge in [0.05, 0.1) is 48.5 Å². The van der Waals surface area contributed by atoms with Crippen molar-refractivity contribution in [2.24, 2.45) is 0 Å². The number of rotatable bonds is 4. The van der Waals surface area contributed by atoms with E-state index >= 15 is 0 Å². The van der Waals surface area contributed by atoms with E-state index in [0.717, 1.165) is 50.9 Å². The SMILES string of the molecule is COc1cc2c(cc1-c1c(C)noc1C)N(C)Cc1[nH]c(=O)n(Cc3ccccn3)c1-2. The molecule has 8 nitrogen and oxygen atoms in total. The van der Waals surface area contributed by atoms with Crippen LogP contribution in [0.25, 0.3) is 22.4 Å². The molecule has 158 valence electrons. The van der Waals surface area contributed by atoms with E-state index in [0.29, 0.717) is 18.8 Å². The number of hydrogen-bond acceptors (Lipinski definition) is 6. The maximum absolute atomic E-state index is 12.8. The lowest BCUT2D eigenvalue weighted by atomic mass is 9.95. The number of anilines is 1. The van der Waals surface area contributed by atoms with Gasteiger partial charge in [-0.25, -0.2) is 4.79 Å². The van der Waals surface area contributed by atoms with E-state index in [1.54, 1.807) is 17.9 Å². The third-order valence-electron chi connectivity index (χ3n) is 5.79. The van der Waals surface area contributed by atoms with Crippen molar-refractivity contribution < 1.29 is 9.26 Å². The van der Waals surface area contributed by atoms with Crippen LogP contribution < -0.4 is 15.3 Å². The Balaban J connectivity index is 1.72. The summed E-state index contributed by atoms with van der Waals surface area (Å²) in [6.07, 6.45) is 1.74. The van der Waals surface area contributed by atoms with Gasteiger partial charge in [0.1, 0.15) is 11.5 Å². The minimum atomic E-state index is -0.148. The molecule has 4 aromatic rings. The average Bonchev–Trinajstić information content (AvgIpc) is 3.26. The molecule has 0 aliphatic carbocycles. The van der Waals surface area contributed by atoms with Crippen LogP contribution in [-0.2, 0) is 13.1 Å². The second-order valence-electron chi connectivity index (χ2n) is 7.79. The van der Waals surface area contributed by atoms with Crippen molar-refractivity contribution in [3.63, 3.8) is 0 Å². The van der Waals surface area contributed by atoms with Crippen LogP contribution in [0, 0.1) is 13.8 Å². The molecular formula is C23H23N5O3. The van der Waals surface area contributed by atoms with Gasteiger partial charge in [0.2, 0.25) is 0 Å². The lowest BCUT2D eigenvalue weighted by molar-refractivity contribution is 0.393. The molecule has 0 amide bonds. The van der Waals surface area contributed by atoms with Crippen molar-refractivity contribution in [1.29, 1.82) is 0 Å². The molecule has 1 N–H and O–H groups in total. The minimum Gasteiger partial charge on any atom is -0.496 e. The topological polar surface area (TPSA) is 89.2 Å². The second-order valence-corrected chi connectivity index (χ2v) is 7.79. The number of fused-ring (bicyclic) bond motifs is 3. The van der Waals surface area contributed by atoms with Crippen LogP contribution in [0.2, 0.25) is 0 Å². The van der Waals surface area contributed by atoms with E-state index in [4.69, 9.17) is 9.26 Å². The zero-order valence-corrected chi connectivity index (χ0v) is 17.9. The fourth-order valence-corrected chi connectivity index (χ4v) is 4.38. The second kappa shape index (κ2) is 7.16. The number of nitrogens with zero attached hydrogens (tertiary/aromatic N) is 4. The molecule has 0 atom stereocenters. The highest BCUT2D eigenvalue weighted by Crippen LogP contribution is 2.45. The molecule has 0 saturated carbocycles. The first kappa shape index (κ1) is 19.2. The lowest BCUT2D eigenvalue weighted by Gasteiger charge is -2.29. The summed E-state index contributed by atoms with van der Waals surface area (Å²) in [7, 11) is 3.66. The summed E-state index contributed by atoms with van der Waals surface area (Å²) in [4.78, 5) is 22.4. The average molecular weight is 417 g/mol. The number of aromatic nitrogens is 4. The monoisotopic (exact) mass is 417 g/mol. The molecule has 8 heteroatoms. The third-order valence-corrected chi connectivity index (χ3v) is 5.79. The number of pyridine rings is 1. The lowest BCUT2D eigenvalue weighted by Crippen LogP contribution is -2.23. The van der Waals surface area contributed by atoms with Gasteiger partial charge < -0.3 is 19.1 Å². The first-order valence-corrected chi connectivity index (χ1v) is 10.1. The van der Waals surface area contributed by atoms with E-state index in [2.05, 4.69) is 26.1 Å². The number of nitrogens with one attached hydrogen (secondary N) is 1. The fourth-order valence-electron chi connectivity index (χ4n) is 4.38. The molecule has 0 saturated heterocycles. The number of benzene rings is 1. The number of imidazole rings is 1. The number of hydrogen-bond donors (Lipinski definition) is 1. The molecule has 3 aromatic heterocycles. The van der Waals surface area contributed by atoms with Crippen LogP contribution in [0.15, 0.2) is 45.8 Å². The number of aromatic amines is 1. The standard InChI is InChI=1S/C23H23N5O3/c1-13-21(14(2)31-26-13)17-9-19-16(10-20(17)30-4)22-18(12-27(19)3)25-23(29)28(22)11-15-7-5-6-8-24-15/h5-10H,11-12H2,1-4H3,(H,25,29). The molecule has 31 heavy (non-hydrogen) atoms. The van der Waals surface area contributed by atoms with Crippen molar-refractivity contribution in [2.75, 3.05) is 19.1 Å². The van der Waals surface area contributed by atoms with E-state index in [1.807, 2.05) is 45.2 Å². The Hall–Kier alpha value is -3.81. The summed E-state index contributed by atoms with van der Waals surface area (Å²) in [5.41, 5.74) is 7.03. The molecule has 0 radical (unpaired) electrons. The normalized spacial score (nSPS) is 12.6. The van der Waals surface area contributed by atoms with E-state index in [-0.39, 0.29) is 5.69 Å². The first-order chi connectivity index (χ1) is 15.0. The molecule has 5 rings (SSSR count). The summed E-state index contributed by atoms with van der Waals surface area (Å²) in [6.45, 7) is 4.80. The van der Waals surface area contributed by atoms with Gasteiger partial charge in [-0.1, -0.05) is 11.2 Å². The number of aryl methyl sites for hydroxylation is 2. The quantitative estimate of drug-likeness (QED) is 0.547. The van der Waals surface area contributed by atoms with Crippen LogP contribution in [-0.4, -0.2) is 33.8 Å². The molecule has 1 aromatic carbocycles. The van der Waals surface area contributed by atoms with E-state index < -0.39 is 0 Å². The van der Waals surface area contributed by atoms with Gasteiger partial charge in [0, 0.05) is 30.1 Å². The molecule has 0 fully saturated rings. The zero-order valence-electron chi connectivity index (χ0n) is 17.9. The molecule has 0 bridgehead atoms. The minimum absolute atomic E-state index is 0.148. The maximum Gasteiger partial charge on any atom is 0.326 e. The van der Waals surface area contributed by atoms with E-state index in [9.17, 15) is 4.79 Å². The molecular weight excluding hydrogens is 394 g/mol. The Morgan fingerprint density at radius 1 is 1.23 bits per heavy atom. The van der Waals surface area contributed by atoms with E-state index in [1.165, 1.54) is 0 Å². The number of H-pyrrole nitrogens is 1. The largest absolute Gasteiger partial charge is 0.496 e. The highest BCUT2D eigenvalue weighted by molar-refractivity contribution is 5.89. The smallest absolute Gasteiger partial charge is 0.326 e. The van der Waals surface area contributed by atoms with Crippen molar-refractivity contribution in [3.05, 3.63) is 69.9 Å². The van der Waals surface area contributed by atoms with Crippen LogP contribution in [0.4, 0.5) is 5.69 Å². The first-order valence-electron chi connectivity index (χ1n) is 10.1. The maximum atomic E-state index is 12.8. The summed E-state index contributed by atoms with van der Waals surface area (Å²) in [5, 5.41) is 4.10.